The van der Waals surface area contributed by atoms with E-state index in [1.807, 2.05) is 6.92 Å². The predicted molar refractivity (Wildman–Crippen MR) is 73.1 cm³/mol. The lowest BCUT2D eigenvalue weighted by atomic mass is 10.2. The highest BCUT2D eigenvalue weighted by Gasteiger charge is 2.20. The summed E-state index contributed by atoms with van der Waals surface area (Å²) in [4.78, 5) is 16.4. The molecule has 7 nitrogen and oxygen atoms in total. The van der Waals surface area contributed by atoms with Crippen LogP contribution in [0.4, 0.5) is 17.3 Å². The minimum Gasteiger partial charge on any atom is -0.370 e. The van der Waals surface area contributed by atoms with Gasteiger partial charge in [-0.15, -0.1) is 0 Å². The number of nitrogens with zero attached hydrogens (tertiary/aromatic N) is 4. The molecule has 1 unspecified atom stereocenters. The fraction of sp³-hybridized carbons (Fsp3) is 0.500. The zero-order valence-corrected chi connectivity index (χ0v) is 11.3. The molecule has 0 spiro atoms. The van der Waals surface area contributed by atoms with E-state index in [0.29, 0.717) is 18.9 Å². The molecule has 0 aliphatic heterocycles. The van der Waals surface area contributed by atoms with Gasteiger partial charge < -0.3 is 10.2 Å². The van der Waals surface area contributed by atoms with Gasteiger partial charge >= 0.3 is 5.69 Å². The van der Waals surface area contributed by atoms with Gasteiger partial charge in [0.2, 0.25) is 5.82 Å². The maximum Gasteiger partial charge on any atom is 0.311 e. The first-order valence-corrected chi connectivity index (χ1v) is 5.99. The van der Waals surface area contributed by atoms with Crippen molar-refractivity contribution in [1.82, 2.24) is 4.98 Å². The number of hydrogen-bond donors (Lipinski definition) is 1. The number of rotatable bonds is 6. The van der Waals surface area contributed by atoms with Gasteiger partial charge in [-0.25, -0.2) is 4.98 Å². The van der Waals surface area contributed by atoms with Crippen molar-refractivity contribution in [2.45, 2.75) is 13.8 Å². The summed E-state index contributed by atoms with van der Waals surface area (Å²) >= 11 is 0. The third-order valence-electron chi connectivity index (χ3n) is 2.54. The lowest BCUT2D eigenvalue weighted by molar-refractivity contribution is -0.384. The molecule has 1 N–H and O–H groups in total. The largest absolute Gasteiger partial charge is 0.370 e. The summed E-state index contributed by atoms with van der Waals surface area (Å²) in [5.41, 5.74) is -0.0608. The van der Waals surface area contributed by atoms with Gasteiger partial charge in [-0.05, 0) is 19.9 Å². The second-order valence-electron chi connectivity index (χ2n) is 4.24. The molecular formula is C12H17N5O2. The van der Waals surface area contributed by atoms with Gasteiger partial charge in [-0.2, -0.15) is 5.26 Å². The summed E-state index contributed by atoms with van der Waals surface area (Å²) in [5.74, 6) is 0.624. The SMILES string of the molecule is CCNc1ccc([N+](=O)[O-])c(N(C)CC(C)C#N)n1. The van der Waals surface area contributed by atoms with Crippen LogP contribution in [0.3, 0.4) is 0 Å². The van der Waals surface area contributed by atoms with Crippen molar-refractivity contribution in [1.29, 1.82) is 5.26 Å². The molecule has 1 atom stereocenters. The maximum atomic E-state index is 11.0. The van der Waals surface area contributed by atoms with E-state index < -0.39 is 4.92 Å². The molecule has 102 valence electrons. The molecule has 0 saturated carbocycles. The number of anilines is 2. The zero-order valence-electron chi connectivity index (χ0n) is 11.3. The van der Waals surface area contributed by atoms with Crippen molar-refractivity contribution in [3.63, 3.8) is 0 Å². The van der Waals surface area contributed by atoms with Crippen LogP contribution in [0.2, 0.25) is 0 Å². The third kappa shape index (κ3) is 3.81. The number of hydrogen-bond acceptors (Lipinski definition) is 6. The van der Waals surface area contributed by atoms with Crippen LogP contribution >= 0.6 is 0 Å². The summed E-state index contributed by atoms with van der Waals surface area (Å²) in [6.45, 7) is 4.75. The van der Waals surface area contributed by atoms with Crippen LogP contribution in [0.15, 0.2) is 12.1 Å². The van der Waals surface area contributed by atoms with Gasteiger partial charge in [-0.1, -0.05) is 0 Å². The molecule has 0 aliphatic rings. The molecular weight excluding hydrogens is 246 g/mol. The Balaban J connectivity index is 3.10. The summed E-state index contributed by atoms with van der Waals surface area (Å²) in [5, 5.41) is 22.8. The first kappa shape index (κ1) is 14.7. The lowest BCUT2D eigenvalue weighted by Crippen LogP contribution is -2.25. The Morgan fingerprint density at radius 2 is 2.32 bits per heavy atom. The molecule has 0 fully saturated rings. The highest BCUT2D eigenvalue weighted by atomic mass is 16.6. The van der Waals surface area contributed by atoms with E-state index in [1.54, 1.807) is 24.9 Å². The summed E-state index contributed by atoms with van der Waals surface area (Å²) in [6, 6.07) is 5.10. The van der Waals surface area contributed by atoms with Crippen LogP contribution in [0.1, 0.15) is 13.8 Å². The number of pyridine rings is 1. The molecule has 0 saturated heterocycles. The smallest absolute Gasteiger partial charge is 0.311 e. The molecule has 7 heteroatoms. The van der Waals surface area contributed by atoms with E-state index in [0.717, 1.165) is 0 Å². The molecule has 1 heterocycles. The Morgan fingerprint density at radius 3 is 2.84 bits per heavy atom. The van der Waals surface area contributed by atoms with Gasteiger partial charge in [-0.3, -0.25) is 10.1 Å². The van der Waals surface area contributed by atoms with Crippen molar-refractivity contribution in [3.8, 4) is 6.07 Å². The third-order valence-corrected chi connectivity index (χ3v) is 2.54. The van der Waals surface area contributed by atoms with Crippen LogP contribution in [-0.4, -0.2) is 30.0 Å². The van der Waals surface area contributed by atoms with E-state index in [2.05, 4.69) is 16.4 Å². The second-order valence-corrected chi connectivity index (χ2v) is 4.24. The summed E-state index contributed by atoms with van der Waals surface area (Å²) in [6.07, 6.45) is 0. The van der Waals surface area contributed by atoms with Crippen molar-refractivity contribution in [3.05, 3.63) is 22.2 Å². The maximum absolute atomic E-state index is 11.0. The number of nitriles is 1. The number of nitrogens with one attached hydrogen (secondary N) is 1. The number of aromatic nitrogens is 1. The highest BCUT2D eigenvalue weighted by molar-refractivity contribution is 5.61. The van der Waals surface area contributed by atoms with E-state index in [-0.39, 0.29) is 17.4 Å². The highest BCUT2D eigenvalue weighted by Crippen LogP contribution is 2.27. The quantitative estimate of drug-likeness (QED) is 0.623. The van der Waals surface area contributed by atoms with Crippen molar-refractivity contribution in [2.24, 2.45) is 5.92 Å². The Hall–Kier alpha value is -2.36. The summed E-state index contributed by atoms with van der Waals surface area (Å²) in [7, 11) is 1.69. The van der Waals surface area contributed by atoms with Crippen LogP contribution < -0.4 is 10.2 Å². The minimum atomic E-state index is -0.467. The van der Waals surface area contributed by atoms with Gasteiger partial charge in [0.15, 0.2) is 0 Å². The minimum absolute atomic E-state index is 0.0608. The molecule has 0 amide bonds. The van der Waals surface area contributed by atoms with Crippen LogP contribution in [-0.2, 0) is 0 Å². The van der Waals surface area contributed by atoms with Crippen LogP contribution in [0, 0.1) is 27.4 Å². The number of nitro groups is 1. The van der Waals surface area contributed by atoms with Crippen LogP contribution in [0.5, 0.6) is 0 Å². The monoisotopic (exact) mass is 263 g/mol. The molecule has 1 aromatic rings. The fourth-order valence-corrected chi connectivity index (χ4v) is 1.68. The van der Waals surface area contributed by atoms with Crippen molar-refractivity contribution >= 4 is 17.3 Å². The molecule has 0 radical (unpaired) electrons. The average Bonchev–Trinajstić information content (AvgIpc) is 2.38. The molecule has 0 aliphatic carbocycles. The Kier molecular flexibility index (Phi) is 5.06. The zero-order chi connectivity index (χ0) is 14.4. The van der Waals surface area contributed by atoms with Crippen LogP contribution in [0.25, 0.3) is 0 Å². The van der Waals surface area contributed by atoms with Crippen molar-refractivity contribution in [2.75, 3.05) is 30.4 Å². The summed E-state index contributed by atoms with van der Waals surface area (Å²) < 4.78 is 0. The van der Waals surface area contributed by atoms with E-state index in [1.165, 1.54) is 6.07 Å². The first-order chi connectivity index (χ1) is 8.99. The Bertz CT molecular complexity index is 497. The standard InChI is InChI=1S/C12H17N5O2/c1-4-14-11-6-5-10(17(18)19)12(15-11)16(3)8-9(2)7-13/h5-6,9H,4,8H2,1-3H3,(H,14,15). The van der Waals surface area contributed by atoms with Gasteiger partial charge in [0.25, 0.3) is 0 Å². The molecule has 1 aromatic heterocycles. The Labute approximate surface area is 112 Å². The van der Waals surface area contributed by atoms with Gasteiger partial charge in [0, 0.05) is 26.2 Å². The predicted octanol–water partition coefficient (Wildman–Crippen LogP) is 2.02. The van der Waals surface area contributed by atoms with E-state index in [4.69, 9.17) is 5.26 Å². The van der Waals surface area contributed by atoms with E-state index in [9.17, 15) is 10.1 Å². The van der Waals surface area contributed by atoms with Gasteiger partial charge in [0.1, 0.15) is 5.82 Å². The van der Waals surface area contributed by atoms with E-state index >= 15 is 0 Å². The topological polar surface area (TPSA) is 95.1 Å². The molecule has 19 heavy (non-hydrogen) atoms. The molecule has 0 bridgehead atoms. The van der Waals surface area contributed by atoms with Crippen molar-refractivity contribution < 1.29 is 4.92 Å². The molecule has 1 rings (SSSR count). The lowest BCUT2D eigenvalue weighted by Gasteiger charge is -2.19. The molecule has 0 aromatic carbocycles. The average molecular weight is 263 g/mol. The van der Waals surface area contributed by atoms with Gasteiger partial charge in [0.05, 0.1) is 16.9 Å². The first-order valence-electron chi connectivity index (χ1n) is 5.99. The normalized spacial score (nSPS) is 11.5. The fourth-order valence-electron chi connectivity index (χ4n) is 1.68. The Morgan fingerprint density at radius 1 is 1.63 bits per heavy atom. The second kappa shape index (κ2) is 6.54.